The predicted molar refractivity (Wildman–Crippen MR) is 71.8 cm³/mol. The molecule has 16 heavy (non-hydrogen) atoms. The van der Waals surface area contributed by atoms with E-state index in [9.17, 15) is 5.11 Å². The number of hydrogen-bond acceptors (Lipinski definition) is 2. The maximum atomic E-state index is 9.34. The van der Waals surface area contributed by atoms with Crippen LogP contribution in [0.2, 0.25) is 0 Å². The molecule has 0 aromatic rings. The van der Waals surface area contributed by atoms with Gasteiger partial charge in [-0.3, -0.25) is 0 Å². The van der Waals surface area contributed by atoms with Crippen molar-refractivity contribution in [1.29, 1.82) is 0 Å². The molecular weight excluding hydrogens is 198 g/mol. The average Bonchev–Trinajstić information content (AvgIpc) is 2.31. The molecule has 1 unspecified atom stereocenters. The molecule has 0 fully saturated rings. The van der Waals surface area contributed by atoms with Crippen LogP contribution in [-0.2, 0) is 0 Å². The Morgan fingerprint density at radius 1 is 0.875 bits per heavy atom. The maximum absolute atomic E-state index is 9.34. The van der Waals surface area contributed by atoms with Crippen LogP contribution in [0.4, 0.5) is 0 Å². The molecule has 0 aliphatic carbocycles. The summed E-state index contributed by atoms with van der Waals surface area (Å²) in [4.78, 5) is 0. The zero-order chi connectivity index (χ0) is 12.1. The summed E-state index contributed by atoms with van der Waals surface area (Å²) in [6, 6.07) is 0. The molecule has 0 rings (SSSR count). The van der Waals surface area contributed by atoms with E-state index in [1.807, 2.05) is 6.92 Å². The zero-order valence-corrected chi connectivity index (χ0v) is 11.3. The molecule has 0 aromatic carbocycles. The molecule has 0 heterocycles. The molecule has 2 N–H and O–H groups in total. The van der Waals surface area contributed by atoms with Gasteiger partial charge < -0.3 is 10.4 Å². The number of aliphatic hydroxyl groups excluding tert-OH is 1. The first-order valence-electron chi connectivity index (χ1n) is 7.20. The molecule has 2 heteroatoms. The van der Waals surface area contributed by atoms with E-state index in [0.717, 1.165) is 25.9 Å². The van der Waals surface area contributed by atoms with Crippen LogP contribution in [0, 0.1) is 0 Å². The highest BCUT2D eigenvalue weighted by atomic mass is 16.3. The second-order valence-corrected chi connectivity index (χ2v) is 4.72. The lowest BCUT2D eigenvalue weighted by Crippen LogP contribution is -2.21. The summed E-state index contributed by atoms with van der Waals surface area (Å²) in [6.45, 7) is 6.37. The van der Waals surface area contributed by atoms with E-state index in [0.29, 0.717) is 0 Å². The van der Waals surface area contributed by atoms with Gasteiger partial charge in [0.1, 0.15) is 0 Å². The van der Waals surface area contributed by atoms with E-state index in [-0.39, 0.29) is 6.10 Å². The van der Waals surface area contributed by atoms with Gasteiger partial charge in [-0.15, -0.1) is 0 Å². The molecule has 0 radical (unpaired) electrons. The lowest BCUT2D eigenvalue weighted by Gasteiger charge is -2.08. The SMILES string of the molecule is CCCCCCCCCNCCC(O)CC. The van der Waals surface area contributed by atoms with E-state index in [1.54, 1.807) is 0 Å². The molecule has 0 amide bonds. The summed E-state index contributed by atoms with van der Waals surface area (Å²) >= 11 is 0. The average molecular weight is 229 g/mol. The lowest BCUT2D eigenvalue weighted by atomic mass is 10.1. The number of nitrogens with one attached hydrogen (secondary N) is 1. The Balaban J connectivity index is 2.93. The van der Waals surface area contributed by atoms with Crippen molar-refractivity contribution in [3.8, 4) is 0 Å². The van der Waals surface area contributed by atoms with Gasteiger partial charge in [0.2, 0.25) is 0 Å². The van der Waals surface area contributed by atoms with Crippen LogP contribution >= 0.6 is 0 Å². The van der Waals surface area contributed by atoms with Crippen LogP contribution in [-0.4, -0.2) is 24.3 Å². The quantitative estimate of drug-likeness (QED) is 0.502. The number of hydrogen-bond donors (Lipinski definition) is 2. The first-order chi connectivity index (χ1) is 7.81. The first kappa shape index (κ1) is 15.9. The standard InChI is InChI=1S/C14H31NO/c1-3-5-6-7-8-9-10-12-15-13-11-14(16)4-2/h14-16H,3-13H2,1-2H3. The maximum Gasteiger partial charge on any atom is 0.0549 e. The molecule has 0 saturated carbocycles. The van der Waals surface area contributed by atoms with Gasteiger partial charge in [0.25, 0.3) is 0 Å². The van der Waals surface area contributed by atoms with Crippen molar-refractivity contribution in [1.82, 2.24) is 5.32 Å². The molecule has 0 bridgehead atoms. The van der Waals surface area contributed by atoms with Gasteiger partial charge in [-0.1, -0.05) is 52.4 Å². The number of aliphatic hydroxyl groups is 1. The Kier molecular flexibility index (Phi) is 12.9. The zero-order valence-electron chi connectivity index (χ0n) is 11.3. The Morgan fingerprint density at radius 3 is 2.12 bits per heavy atom. The van der Waals surface area contributed by atoms with Crippen LogP contribution < -0.4 is 5.32 Å². The summed E-state index contributed by atoms with van der Waals surface area (Å²) in [6.07, 6.45) is 11.2. The van der Waals surface area contributed by atoms with Gasteiger partial charge in [0, 0.05) is 0 Å². The summed E-state index contributed by atoms with van der Waals surface area (Å²) in [7, 11) is 0. The fourth-order valence-electron chi connectivity index (χ4n) is 1.80. The number of unbranched alkanes of at least 4 members (excludes halogenated alkanes) is 6. The molecule has 98 valence electrons. The summed E-state index contributed by atoms with van der Waals surface area (Å²) in [5.41, 5.74) is 0. The smallest absolute Gasteiger partial charge is 0.0549 e. The third kappa shape index (κ3) is 12.0. The van der Waals surface area contributed by atoms with Crippen LogP contribution in [0.1, 0.15) is 71.6 Å². The Bertz CT molecular complexity index is 128. The van der Waals surface area contributed by atoms with Gasteiger partial charge in [0.05, 0.1) is 6.10 Å². The molecule has 0 aliphatic rings. The van der Waals surface area contributed by atoms with Crippen LogP contribution in [0.25, 0.3) is 0 Å². The highest BCUT2D eigenvalue weighted by molar-refractivity contribution is 4.56. The van der Waals surface area contributed by atoms with E-state index < -0.39 is 0 Å². The van der Waals surface area contributed by atoms with Crippen LogP contribution in [0.3, 0.4) is 0 Å². The van der Waals surface area contributed by atoms with E-state index in [4.69, 9.17) is 0 Å². The fourth-order valence-corrected chi connectivity index (χ4v) is 1.80. The highest BCUT2D eigenvalue weighted by Gasteiger charge is 1.98. The third-order valence-corrected chi connectivity index (χ3v) is 3.08. The first-order valence-corrected chi connectivity index (χ1v) is 7.20. The molecular formula is C14H31NO. The van der Waals surface area contributed by atoms with Crippen LogP contribution in [0.5, 0.6) is 0 Å². The second kappa shape index (κ2) is 13.0. The van der Waals surface area contributed by atoms with E-state index in [1.165, 1.54) is 44.9 Å². The number of rotatable bonds is 12. The lowest BCUT2D eigenvalue weighted by molar-refractivity contribution is 0.160. The largest absolute Gasteiger partial charge is 0.393 e. The van der Waals surface area contributed by atoms with Crippen molar-refractivity contribution in [3.05, 3.63) is 0 Å². The van der Waals surface area contributed by atoms with Gasteiger partial charge >= 0.3 is 0 Å². The minimum absolute atomic E-state index is 0.110. The topological polar surface area (TPSA) is 32.3 Å². The molecule has 0 aliphatic heterocycles. The third-order valence-electron chi connectivity index (χ3n) is 3.08. The normalized spacial score (nSPS) is 12.9. The Hall–Kier alpha value is -0.0800. The van der Waals surface area contributed by atoms with Crippen molar-refractivity contribution in [2.75, 3.05) is 13.1 Å². The van der Waals surface area contributed by atoms with Gasteiger partial charge in [-0.05, 0) is 32.4 Å². The van der Waals surface area contributed by atoms with Gasteiger partial charge in [0.15, 0.2) is 0 Å². The monoisotopic (exact) mass is 229 g/mol. The van der Waals surface area contributed by atoms with Crippen LogP contribution in [0.15, 0.2) is 0 Å². The van der Waals surface area contributed by atoms with Crippen molar-refractivity contribution in [2.24, 2.45) is 0 Å². The Labute approximate surface area is 102 Å². The summed E-state index contributed by atoms with van der Waals surface area (Å²) in [5.74, 6) is 0. The molecule has 0 spiro atoms. The Morgan fingerprint density at radius 2 is 1.50 bits per heavy atom. The minimum atomic E-state index is -0.110. The molecule has 2 nitrogen and oxygen atoms in total. The minimum Gasteiger partial charge on any atom is -0.393 e. The molecule has 0 saturated heterocycles. The van der Waals surface area contributed by atoms with Crippen molar-refractivity contribution >= 4 is 0 Å². The van der Waals surface area contributed by atoms with Gasteiger partial charge in [-0.25, -0.2) is 0 Å². The molecule has 1 atom stereocenters. The van der Waals surface area contributed by atoms with E-state index in [2.05, 4.69) is 12.2 Å². The van der Waals surface area contributed by atoms with Crippen molar-refractivity contribution in [3.63, 3.8) is 0 Å². The van der Waals surface area contributed by atoms with E-state index >= 15 is 0 Å². The predicted octanol–water partition coefficient (Wildman–Crippen LogP) is 3.49. The summed E-state index contributed by atoms with van der Waals surface area (Å²) in [5, 5.41) is 12.7. The summed E-state index contributed by atoms with van der Waals surface area (Å²) < 4.78 is 0. The molecule has 0 aromatic heterocycles. The second-order valence-electron chi connectivity index (χ2n) is 4.72. The fraction of sp³-hybridized carbons (Fsp3) is 1.00. The van der Waals surface area contributed by atoms with Gasteiger partial charge in [-0.2, -0.15) is 0 Å². The van der Waals surface area contributed by atoms with Crippen molar-refractivity contribution < 1.29 is 5.11 Å². The highest BCUT2D eigenvalue weighted by Crippen LogP contribution is 2.06. The van der Waals surface area contributed by atoms with Crippen molar-refractivity contribution in [2.45, 2.75) is 77.7 Å².